The molecule has 0 aliphatic carbocycles. The van der Waals surface area contributed by atoms with E-state index in [0.29, 0.717) is 10.9 Å². The lowest BCUT2D eigenvalue weighted by Crippen LogP contribution is -2.69. The van der Waals surface area contributed by atoms with Crippen LogP contribution in [-0.4, -0.2) is 86.9 Å². The minimum atomic E-state index is -2.64. The average molecular weight is 485 g/mol. The summed E-state index contributed by atoms with van der Waals surface area (Å²) < 4.78 is 28.9. The molecule has 0 radical (unpaired) electrons. The molecule has 1 amide bonds. The predicted octanol–water partition coefficient (Wildman–Crippen LogP) is -1.42. The molecule has 13 heteroatoms. The van der Waals surface area contributed by atoms with E-state index in [4.69, 9.17) is 13.9 Å². The minimum Gasteiger partial charge on any atom is -0.476 e. The van der Waals surface area contributed by atoms with E-state index in [0.717, 1.165) is 0 Å². The van der Waals surface area contributed by atoms with Crippen molar-refractivity contribution in [2.75, 3.05) is 13.3 Å². The molecule has 1 aromatic carbocycles. The van der Waals surface area contributed by atoms with Crippen LogP contribution in [0.4, 0.5) is 4.39 Å². The Morgan fingerprint density at radius 2 is 2.03 bits per heavy atom. The molecule has 1 aromatic heterocycles. The third-order valence-electron chi connectivity index (χ3n) is 5.47. The lowest BCUT2D eigenvalue weighted by atomic mass is 9.88. The molecule has 186 valence electrons. The van der Waals surface area contributed by atoms with Gasteiger partial charge < -0.3 is 44.7 Å². The van der Waals surface area contributed by atoms with Gasteiger partial charge in [-0.3, -0.25) is 4.79 Å². The van der Waals surface area contributed by atoms with Crippen LogP contribution in [0.15, 0.2) is 33.5 Å². The van der Waals surface area contributed by atoms with Crippen molar-refractivity contribution in [3.05, 3.63) is 40.2 Å². The van der Waals surface area contributed by atoms with Crippen LogP contribution >= 0.6 is 0 Å². The Labute approximate surface area is 191 Å². The molecule has 6 N–H and O–H groups in total. The zero-order valence-corrected chi connectivity index (χ0v) is 17.9. The van der Waals surface area contributed by atoms with E-state index in [1.54, 1.807) is 6.92 Å². The molecular formula is C21H24FNO11. The van der Waals surface area contributed by atoms with Crippen LogP contribution in [0.5, 0.6) is 5.75 Å². The van der Waals surface area contributed by atoms with E-state index in [1.165, 1.54) is 24.3 Å². The Morgan fingerprint density at radius 3 is 2.65 bits per heavy atom. The third kappa shape index (κ3) is 5.03. The molecule has 34 heavy (non-hydrogen) atoms. The Balaban J connectivity index is 2.01. The number of aliphatic hydroxyl groups excluding tert-OH is 4. The Morgan fingerprint density at radius 1 is 1.32 bits per heavy atom. The normalized spacial score (nSPS) is 26.6. The van der Waals surface area contributed by atoms with E-state index in [9.17, 15) is 44.3 Å². The molecule has 6 atom stereocenters. The van der Waals surface area contributed by atoms with Crippen LogP contribution in [-0.2, 0) is 14.3 Å². The van der Waals surface area contributed by atoms with Crippen LogP contribution in [0.3, 0.4) is 0 Å². The summed E-state index contributed by atoms with van der Waals surface area (Å²) in [6.07, 6.45) is -8.23. The van der Waals surface area contributed by atoms with Crippen molar-refractivity contribution in [1.29, 1.82) is 0 Å². The minimum absolute atomic E-state index is 0.0831. The van der Waals surface area contributed by atoms with Crippen LogP contribution in [0.1, 0.15) is 12.0 Å². The number of ether oxygens (including phenoxy) is 2. The second-order valence-corrected chi connectivity index (χ2v) is 7.89. The van der Waals surface area contributed by atoms with Gasteiger partial charge in [-0.15, -0.1) is 0 Å². The fraction of sp³-hybridized carbons (Fsp3) is 0.476. The molecule has 2 heterocycles. The molecule has 1 saturated heterocycles. The predicted molar refractivity (Wildman–Crippen MR) is 111 cm³/mol. The summed E-state index contributed by atoms with van der Waals surface area (Å²) in [5, 5.41) is 52.6. The maximum atomic E-state index is 12.7. The lowest BCUT2D eigenvalue weighted by molar-refractivity contribution is -0.284. The van der Waals surface area contributed by atoms with Crippen molar-refractivity contribution in [3.8, 4) is 5.75 Å². The van der Waals surface area contributed by atoms with Gasteiger partial charge in [-0.25, -0.2) is 14.0 Å². The standard InChI is InChI=1S/C21H24FNO11/c1-9-4-16(28)32-14-5-10(2-3-11(9)14)33-21(20(30)31)6-12(25)17(23-15(27)7-22)19(34-21)18(29)13(26)8-24/h2-5,12-13,17-19,24-26,29H,6-8H2,1H3,(H,23,27)(H,30,31)/t12-,13+,17+,18+,19+,21?/m0/s1. The van der Waals surface area contributed by atoms with Crippen LogP contribution in [0.2, 0.25) is 0 Å². The summed E-state index contributed by atoms with van der Waals surface area (Å²) >= 11 is 0. The summed E-state index contributed by atoms with van der Waals surface area (Å²) in [6, 6.07) is 3.82. The number of alkyl halides is 1. The topological polar surface area (TPSA) is 196 Å². The number of benzene rings is 1. The maximum absolute atomic E-state index is 12.7. The zero-order chi connectivity index (χ0) is 25.2. The molecule has 1 aliphatic rings. The highest BCUT2D eigenvalue weighted by atomic mass is 19.1. The van der Waals surface area contributed by atoms with Crippen molar-refractivity contribution in [1.82, 2.24) is 5.32 Å². The SMILES string of the molecule is Cc1cc(=O)oc2cc(OC3(C(=O)O)C[C@H](O)[C@@H](NC(=O)CF)[C@H]([C@H](O)[C@H](O)CO)O3)ccc12. The first-order valence-electron chi connectivity index (χ1n) is 10.2. The molecule has 1 aliphatic heterocycles. The third-order valence-corrected chi connectivity index (χ3v) is 5.47. The van der Waals surface area contributed by atoms with Gasteiger partial charge >= 0.3 is 17.4 Å². The van der Waals surface area contributed by atoms with Gasteiger partial charge in [0.2, 0.25) is 0 Å². The molecule has 0 saturated carbocycles. The van der Waals surface area contributed by atoms with Crippen molar-refractivity contribution in [2.24, 2.45) is 0 Å². The van der Waals surface area contributed by atoms with E-state index in [-0.39, 0.29) is 11.3 Å². The van der Waals surface area contributed by atoms with E-state index >= 15 is 0 Å². The number of halogens is 1. The number of carbonyl (C=O) groups is 2. The fourth-order valence-electron chi connectivity index (χ4n) is 3.78. The van der Waals surface area contributed by atoms with Gasteiger partial charge in [-0.1, -0.05) is 0 Å². The van der Waals surface area contributed by atoms with Gasteiger partial charge in [0, 0.05) is 17.5 Å². The fourth-order valence-corrected chi connectivity index (χ4v) is 3.78. The van der Waals surface area contributed by atoms with E-state index < -0.39 is 73.4 Å². The van der Waals surface area contributed by atoms with Gasteiger partial charge in [0.25, 0.3) is 5.91 Å². The summed E-state index contributed by atoms with van der Waals surface area (Å²) in [5.41, 5.74) is 0.0366. The quantitative estimate of drug-likeness (QED) is 0.240. The molecule has 1 fully saturated rings. The van der Waals surface area contributed by atoms with Crippen molar-refractivity contribution >= 4 is 22.8 Å². The second kappa shape index (κ2) is 10.0. The Hall–Kier alpha value is -3.10. The second-order valence-electron chi connectivity index (χ2n) is 7.89. The zero-order valence-electron chi connectivity index (χ0n) is 17.9. The maximum Gasteiger partial charge on any atom is 0.377 e. The Bertz CT molecular complexity index is 1120. The number of hydrogen-bond donors (Lipinski definition) is 6. The van der Waals surface area contributed by atoms with Gasteiger partial charge in [-0.2, -0.15) is 0 Å². The number of carbonyl (C=O) groups excluding carboxylic acids is 1. The summed E-state index contributed by atoms with van der Waals surface area (Å²) in [6.45, 7) is -0.773. The summed E-state index contributed by atoms with van der Waals surface area (Å²) in [5.74, 6) is -5.71. The number of aryl methyl sites for hydroxylation is 1. The molecule has 0 bridgehead atoms. The smallest absolute Gasteiger partial charge is 0.377 e. The number of carboxylic acids is 1. The van der Waals surface area contributed by atoms with Crippen LogP contribution < -0.4 is 15.7 Å². The van der Waals surface area contributed by atoms with Crippen LogP contribution in [0, 0.1) is 6.92 Å². The highest BCUT2D eigenvalue weighted by Gasteiger charge is 2.56. The lowest BCUT2D eigenvalue weighted by Gasteiger charge is -2.46. The van der Waals surface area contributed by atoms with Crippen molar-refractivity contribution in [2.45, 2.75) is 49.6 Å². The van der Waals surface area contributed by atoms with Crippen LogP contribution in [0.25, 0.3) is 11.0 Å². The largest absolute Gasteiger partial charge is 0.476 e. The number of fused-ring (bicyclic) bond motifs is 1. The van der Waals surface area contributed by atoms with Crippen molar-refractivity contribution in [3.63, 3.8) is 0 Å². The number of nitrogens with one attached hydrogen (secondary N) is 1. The highest BCUT2D eigenvalue weighted by molar-refractivity contribution is 5.82. The number of hydrogen-bond acceptors (Lipinski definition) is 10. The number of aliphatic carboxylic acids is 1. The highest BCUT2D eigenvalue weighted by Crippen LogP contribution is 2.35. The molecular weight excluding hydrogens is 461 g/mol. The van der Waals surface area contributed by atoms with E-state index in [1.807, 2.05) is 0 Å². The van der Waals surface area contributed by atoms with Gasteiger partial charge in [-0.05, 0) is 24.6 Å². The van der Waals surface area contributed by atoms with Crippen molar-refractivity contribution < 1.29 is 53.4 Å². The van der Waals surface area contributed by atoms with Gasteiger partial charge in [0.1, 0.15) is 29.6 Å². The number of amides is 1. The van der Waals surface area contributed by atoms with E-state index in [2.05, 4.69) is 5.32 Å². The number of aliphatic hydroxyl groups is 4. The first kappa shape index (κ1) is 25.5. The first-order valence-corrected chi connectivity index (χ1v) is 10.2. The molecule has 12 nitrogen and oxygen atoms in total. The molecule has 0 spiro atoms. The first-order chi connectivity index (χ1) is 16.0. The average Bonchev–Trinajstić information content (AvgIpc) is 2.78. The summed E-state index contributed by atoms with van der Waals surface area (Å²) in [4.78, 5) is 35.5. The number of carboxylic acid groups (broad SMARTS) is 1. The van der Waals surface area contributed by atoms with Gasteiger partial charge in [0.15, 0.2) is 6.67 Å². The summed E-state index contributed by atoms with van der Waals surface area (Å²) in [7, 11) is 0. The number of rotatable bonds is 8. The Kier molecular flexibility index (Phi) is 7.53. The molecule has 1 unspecified atom stereocenters. The monoisotopic (exact) mass is 485 g/mol. The van der Waals surface area contributed by atoms with Gasteiger partial charge in [0.05, 0.1) is 25.2 Å². The molecule has 2 aromatic rings. The molecule has 3 rings (SSSR count).